The normalized spacial score (nSPS) is 12.2. The molecule has 9 nitrogen and oxygen atoms in total. The molecule has 1 aliphatic carbocycles. The maximum atomic E-state index is 12.2. The summed E-state index contributed by atoms with van der Waals surface area (Å²) in [6.45, 7) is 0.266. The van der Waals surface area contributed by atoms with Crippen LogP contribution in [0, 0.1) is 10.1 Å². The number of benzene rings is 2. The molecule has 3 rings (SSSR count). The standard InChI is InChI=1S/C21H23N3O6/c1-29-10-9-22-18-8-6-16(12-19(18)24(27)28)21(26)30-13-20(25)23-17-7-5-14-3-2-4-15(14)11-17/h5-8,11-12,22H,2-4,9-10,13H2,1H3,(H,23,25). The van der Waals surface area contributed by atoms with Crippen molar-refractivity contribution in [2.45, 2.75) is 19.3 Å². The molecule has 1 aliphatic rings. The Kier molecular flexibility index (Phi) is 6.97. The van der Waals surface area contributed by atoms with Crippen LogP contribution < -0.4 is 10.6 Å². The van der Waals surface area contributed by atoms with Crippen LogP contribution in [0.2, 0.25) is 0 Å². The van der Waals surface area contributed by atoms with Gasteiger partial charge in [-0.15, -0.1) is 0 Å². The summed E-state index contributed by atoms with van der Waals surface area (Å²) in [5.41, 5.74) is 3.16. The van der Waals surface area contributed by atoms with Crippen LogP contribution in [0.3, 0.4) is 0 Å². The van der Waals surface area contributed by atoms with Gasteiger partial charge in [0.05, 0.1) is 17.1 Å². The molecule has 0 unspecified atom stereocenters. The molecule has 9 heteroatoms. The van der Waals surface area contributed by atoms with E-state index < -0.39 is 23.4 Å². The Morgan fingerprint density at radius 3 is 2.70 bits per heavy atom. The SMILES string of the molecule is COCCNc1ccc(C(=O)OCC(=O)Nc2ccc3c(c2)CCC3)cc1[N+](=O)[O-]. The number of amides is 1. The maximum Gasteiger partial charge on any atom is 0.338 e. The van der Waals surface area contributed by atoms with Crippen molar-refractivity contribution in [3.63, 3.8) is 0 Å². The second-order valence-electron chi connectivity index (χ2n) is 6.87. The second-order valence-corrected chi connectivity index (χ2v) is 6.87. The van der Waals surface area contributed by atoms with Gasteiger partial charge in [0.2, 0.25) is 0 Å². The number of hydrogen-bond acceptors (Lipinski definition) is 7. The van der Waals surface area contributed by atoms with Gasteiger partial charge in [-0.1, -0.05) is 6.07 Å². The highest BCUT2D eigenvalue weighted by Crippen LogP contribution is 2.26. The van der Waals surface area contributed by atoms with Crippen LogP contribution in [0.1, 0.15) is 27.9 Å². The third-order valence-corrected chi connectivity index (χ3v) is 4.77. The lowest BCUT2D eigenvalue weighted by Crippen LogP contribution is -2.21. The molecule has 0 saturated carbocycles. The molecular formula is C21H23N3O6. The van der Waals surface area contributed by atoms with Crippen molar-refractivity contribution in [3.8, 4) is 0 Å². The van der Waals surface area contributed by atoms with Crippen LogP contribution in [-0.4, -0.2) is 43.7 Å². The number of nitro benzene ring substituents is 1. The van der Waals surface area contributed by atoms with Gasteiger partial charge in [0.1, 0.15) is 5.69 Å². The number of methoxy groups -OCH3 is 1. The van der Waals surface area contributed by atoms with E-state index in [0.717, 1.165) is 25.3 Å². The molecule has 0 aromatic heterocycles. The number of nitro groups is 1. The average molecular weight is 413 g/mol. The van der Waals surface area contributed by atoms with Gasteiger partial charge in [-0.25, -0.2) is 4.79 Å². The lowest BCUT2D eigenvalue weighted by molar-refractivity contribution is -0.384. The molecule has 158 valence electrons. The fourth-order valence-corrected chi connectivity index (χ4v) is 3.31. The number of aryl methyl sites for hydroxylation is 2. The third kappa shape index (κ3) is 5.32. The molecule has 1 amide bonds. The summed E-state index contributed by atoms with van der Waals surface area (Å²) in [6.07, 6.45) is 3.15. The highest BCUT2D eigenvalue weighted by atomic mass is 16.6. The second kappa shape index (κ2) is 9.84. The number of esters is 1. The van der Waals surface area contributed by atoms with Crippen LogP contribution in [0.25, 0.3) is 0 Å². The first-order chi connectivity index (χ1) is 14.5. The molecule has 0 aliphatic heterocycles. The largest absolute Gasteiger partial charge is 0.452 e. The first-order valence-corrected chi connectivity index (χ1v) is 9.58. The molecule has 30 heavy (non-hydrogen) atoms. The number of carbonyl (C=O) groups excluding carboxylic acids is 2. The summed E-state index contributed by atoms with van der Waals surface area (Å²) in [5.74, 6) is -1.29. The number of carbonyl (C=O) groups is 2. The number of hydrogen-bond donors (Lipinski definition) is 2. The minimum absolute atomic E-state index is 0.00989. The van der Waals surface area contributed by atoms with Gasteiger partial charge in [0.25, 0.3) is 11.6 Å². The minimum atomic E-state index is -0.814. The predicted molar refractivity (Wildman–Crippen MR) is 111 cm³/mol. The van der Waals surface area contributed by atoms with Crippen LogP contribution in [-0.2, 0) is 27.1 Å². The Balaban J connectivity index is 1.57. The lowest BCUT2D eigenvalue weighted by Gasteiger charge is -2.10. The van der Waals surface area contributed by atoms with Crippen LogP contribution in [0.4, 0.5) is 17.1 Å². The fraction of sp³-hybridized carbons (Fsp3) is 0.333. The number of ether oxygens (including phenoxy) is 2. The Morgan fingerprint density at radius 1 is 1.13 bits per heavy atom. The smallest absolute Gasteiger partial charge is 0.338 e. The first kappa shape index (κ1) is 21.3. The number of rotatable bonds is 9. The van der Waals surface area contributed by atoms with Gasteiger partial charge in [0.15, 0.2) is 6.61 Å². The van der Waals surface area contributed by atoms with E-state index in [9.17, 15) is 19.7 Å². The maximum absolute atomic E-state index is 12.2. The van der Waals surface area contributed by atoms with Crippen molar-refractivity contribution in [1.29, 1.82) is 0 Å². The van der Waals surface area contributed by atoms with Crippen LogP contribution in [0.15, 0.2) is 36.4 Å². The number of nitrogens with zero attached hydrogens (tertiary/aromatic N) is 1. The Morgan fingerprint density at radius 2 is 1.93 bits per heavy atom. The topological polar surface area (TPSA) is 120 Å². The molecule has 0 spiro atoms. The van der Waals surface area contributed by atoms with Crippen molar-refractivity contribution in [1.82, 2.24) is 0 Å². The van der Waals surface area contributed by atoms with Gasteiger partial charge in [-0.2, -0.15) is 0 Å². The van der Waals surface area contributed by atoms with Crippen molar-refractivity contribution in [2.24, 2.45) is 0 Å². The van der Waals surface area contributed by atoms with E-state index >= 15 is 0 Å². The van der Waals surface area contributed by atoms with Gasteiger partial charge in [0, 0.05) is 25.4 Å². The first-order valence-electron chi connectivity index (χ1n) is 9.58. The van der Waals surface area contributed by atoms with Gasteiger partial charge < -0.3 is 20.1 Å². The van der Waals surface area contributed by atoms with Crippen molar-refractivity contribution >= 4 is 28.9 Å². The van der Waals surface area contributed by atoms with Crippen molar-refractivity contribution in [3.05, 3.63) is 63.2 Å². The molecule has 2 aromatic rings. The highest BCUT2D eigenvalue weighted by Gasteiger charge is 2.19. The molecule has 0 fully saturated rings. The van der Waals surface area contributed by atoms with E-state index in [4.69, 9.17) is 9.47 Å². The molecule has 0 atom stereocenters. The highest BCUT2D eigenvalue weighted by molar-refractivity contribution is 5.96. The summed E-state index contributed by atoms with van der Waals surface area (Å²) >= 11 is 0. The van der Waals surface area contributed by atoms with E-state index in [1.54, 1.807) is 0 Å². The summed E-state index contributed by atoms with van der Waals surface area (Å²) in [5, 5.41) is 16.9. The van der Waals surface area contributed by atoms with E-state index in [2.05, 4.69) is 10.6 Å². The Labute approximate surface area is 173 Å². The van der Waals surface area contributed by atoms with Crippen LogP contribution >= 0.6 is 0 Å². The Hall–Kier alpha value is -3.46. The molecule has 2 N–H and O–H groups in total. The zero-order chi connectivity index (χ0) is 21.5. The number of nitrogens with one attached hydrogen (secondary N) is 2. The molecular weight excluding hydrogens is 390 g/mol. The average Bonchev–Trinajstić information content (AvgIpc) is 3.20. The van der Waals surface area contributed by atoms with Gasteiger partial charge in [-0.05, 0) is 54.7 Å². The van der Waals surface area contributed by atoms with Gasteiger partial charge in [-0.3, -0.25) is 14.9 Å². The Bertz CT molecular complexity index is 960. The van der Waals surface area contributed by atoms with E-state index in [1.807, 2.05) is 18.2 Å². The summed E-state index contributed by atoms with van der Waals surface area (Å²) in [6, 6.07) is 9.70. The summed E-state index contributed by atoms with van der Waals surface area (Å²) in [7, 11) is 1.52. The quantitative estimate of drug-likeness (QED) is 0.281. The number of fused-ring (bicyclic) bond motifs is 1. The van der Waals surface area contributed by atoms with Crippen molar-refractivity contribution < 1.29 is 24.0 Å². The molecule has 0 radical (unpaired) electrons. The van der Waals surface area contributed by atoms with E-state index in [-0.39, 0.29) is 16.9 Å². The number of anilines is 2. The molecule has 0 saturated heterocycles. The van der Waals surface area contributed by atoms with Crippen LogP contribution in [0.5, 0.6) is 0 Å². The zero-order valence-electron chi connectivity index (χ0n) is 16.6. The fourth-order valence-electron chi connectivity index (χ4n) is 3.31. The minimum Gasteiger partial charge on any atom is -0.452 e. The van der Waals surface area contributed by atoms with Gasteiger partial charge >= 0.3 is 5.97 Å². The van der Waals surface area contributed by atoms with Crippen molar-refractivity contribution in [2.75, 3.05) is 37.5 Å². The third-order valence-electron chi connectivity index (χ3n) is 4.77. The predicted octanol–water partition coefficient (Wildman–Crippen LogP) is 2.94. The van der Waals surface area contributed by atoms with E-state index in [1.165, 1.54) is 30.4 Å². The van der Waals surface area contributed by atoms with E-state index in [0.29, 0.717) is 18.8 Å². The molecule has 0 heterocycles. The monoisotopic (exact) mass is 413 g/mol. The molecule has 2 aromatic carbocycles. The zero-order valence-corrected chi connectivity index (χ0v) is 16.6. The summed E-state index contributed by atoms with van der Waals surface area (Å²) in [4.78, 5) is 35.0. The lowest BCUT2D eigenvalue weighted by atomic mass is 10.1. The molecule has 0 bridgehead atoms. The summed E-state index contributed by atoms with van der Waals surface area (Å²) < 4.78 is 9.91.